The van der Waals surface area contributed by atoms with Crippen molar-refractivity contribution >= 4 is 17.5 Å². The van der Waals surface area contributed by atoms with Crippen LogP contribution in [0.3, 0.4) is 0 Å². The number of nitrogens with one attached hydrogen (secondary N) is 2. The van der Waals surface area contributed by atoms with E-state index in [0.29, 0.717) is 31.2 Å². The van der Waals surface area contributed by atoms with Crippen LogP contribution in [-0.2, 0) is 6.18 Å². The number of hydrogen-bond donors (Lipinski definition) is 2. The summed E-state index contributed by atoms with van der Waals surface area (Å²) in [6.45, 7) is 5.22. The lowest BCUT2D eigenvalue weighted by Crippen LogP contribution is -2.44. The van der Waals surface area contributed by atoms with Gasteiger partial charge in [0.25, 0.3) is 0 Å². The van der Waals surface area contributed by atoms with Crippen molar-refractivity contribution in [2.24, 2.45) is 0 Å². The summed E-state index contributed by atoms with van der Waals surface area (Å²) in [6, 6.07) is 0.617. The van der Waals surface area contributed by atoms with E-state index in [2.05, 4.69) is 30.6 Å². The molecule has 0 spiro atoms. The van der Waals surface area contributed by atoms with Gasteiger partial charge in [0.1, 0.15) is 17.6 Å². The molecule has 1 aliphatic heterocycles. The van der Waals surface area contributed by atoms with Crippen molar-refractivity contribution in [2.45, 2.75) is 57.5 Å². The van der Waals surface area contributed by atoms with Crippen LogP contribution in [0.2, 0.25) is 0 Å². The van der Waals surface area contributed by atoms with Crippen molar-refractivity contribution < 1.29 is 17.6 Å². The summed E-state index contributed by atoms with van der Waals surface area (Å²) in [5.41, 5.74) is 0.600. The smallest absolute Gasteiger partial charge is 0.370 e. The fourth-order valence-electron chi connectivity index (χ4n) is 4.12. The van der Waals surface area contributed by atoms with Crippen LogP contribution in [0.15, 0.2) is 12.4 Å². The molecule has 1 atom stereocenters. The van der Waals surface area contributed by atoms with Gasteiger partial charge in [0.2, 0.25) is 5.95 Å². The van der Waals surface area contributed by atoms with Crippen molar-refractivity contribution in [3.8, 4) is 0 Å². The summed E-state index contributed by atoms with van der Waals surface area (Å²) < 4.78 is 54.7. The highest BCUT2D eigenvalue weighted by Gasteiger charge is 2.39. The van der Waals surface area contributed by atoms with E-state index in [1.165, 1.54) is 0 Å². The molecule has 7 nitrogen and oxygen atoms in total. The molecule has 0 aromatic carbocycles. The van der Waals surface area contributed by atoms with Crippen LogP contribution in [0.1, 0.15) is 43.5 Å². The first-order chi connectivity index (χ1) is 14.3. The molecule has 30 heavy (non-hydrogen) atoms. The highest BCUT2D eigenvalue weighted by atomic mass is 19.4. The van der Waals surface area contributed by atoms with Gasteiger partial charge in [-0.3, -0.25) is 9.58 Å². The second-order valence-electron chi connectivity index (χ2n) is 7.86. The topological polar surface area (TPSA) is 70.9 Å². The molecule has 1 saturated carbocycles. The minimum Gasteiger partial charge on any atom is -0.370 e. The Kier molecular flexibility index (Phi) is 5.56. The minimum atomic E-state index is -4.53. The minimum absolute atomic E-state index is 0.0686. The average Bonchev–Trinajstić information content (AvgIpc) is 3.21. The fourth-order valence-corrected chi connectivity index (χ4v) is 4.12. The van der Waals surface area contributed by atoms with E-state index in [0.717, 1.165) is 31.3 Å². The van der Waals surface area contributed by atoms with E-state index in [4.69, 9.17) is 0 Å². The van der Waals surface area contributed by atoms with E-state index < -0.39 is 17.9 Å². The standard InChI is InChI=1S/C19H25F4N7/c1-3-24-17-15(19(21,22)23)8-25-18(28-17)27-16-9-26-30(11(16)2)14-6-13(7-14)29-5-4-12(20)10-29/h8-9,12-14H,3-7,10H2,1-2H3,(H2,24,25,27,28)/t12-,13-,14+/m0/s1. The molecule has 1 aliphatic carbocycles. The number of aromatic nitrogens is 4. The van der Waals surface area contributed by atoms with Crippen LogP contribution in [0.4, 0.5) is 35.0 Å². The van der Waals surface area contributed by atoms with E-state index in [-0.39, 0.29) is 17.8 Å². The summed E-state index contributed by atoms with van der Waals surface area (Å²) in [7, 11) is 0. The van der Waals surface area contributed by atoms with Gasteiger partial charge in [-0.1, -0.05) is 0 Å². The summed E-state index contributed by atoms with van der Waals surface area (Å²) in [5, 5.41) is 10.0. The Balaban J connectivity index is 1.44. The molecule has 2 aromatic rings. The number of anilines is 3. The van der Waals surface area contributed by atoms with Crippen molar-refractivity contribution in [3.05, 3.63) is 23.7 Å². The molecule has 0 radical (unpaired) electrons. The van der Waals surface area contributed by atoms with Crippen LogP contribution >= 0.6 is 0 Å². The first kappa shape index (κ1) is 20.8. The van der Waals surface area contributed by atoms with Gasteiger partial charge in [-0.2, -0.15) is 23.3 Å². The number of nitrogens with zero attached hydrogens (tertiary/aromatic N) is 5. The van der Waals surface area contributed by atoms with Crippen LogP contribution in [0.25, 0.3) is 0 Å². The molecule has 0 bridgehead atoms. The zero-order valence-electron chi connectivity index (χ0n) is 16.9. The second-order valence-corrected chi connectivity index (χ2v) is 7.86. The summed E-state index contributed by atoms with van der Waals surface area (Å²) in [6.07, 6.45) is -0.414. The molecule has 2 N–H and O–H groups in total. The number of alkyl halides is 4. The third kappa shape index (κ3) is 4.07. The Bertz CT molecular complexity index is 891. The number of hydrogen-bond acceptors (Lipinski definition) is 6. The zero-order valence-corrected chi connectivity index (χ0v) is 16.9. The van der Waals surface area contributed by atoms with Crippen molar-refractivity contribution in [2.75, 3.05) is 30.3 Å². The molecule has 11 heteroatoms. The molecule has 1 saturated heterocycles. The SMILES string of the molecule is CCNc1nc(Nc2cnn([C@H]3C[C@@H](N4CC[C@H](F)C4)C3)c2C)ncc1C(F)(F)F. The van der Waals surface area contributed by atoms with E-state index >= 15 is 0 Å². The lowest BCUT2D eigenvalue weighted by Gasteiger charge is -2.41. The second kappa shape index (κ2) is 8.01. The lowest BCUT2D eigenvalue weighted by atomic mass is 9.85. The van der Waals surface area contributed by atoms with Crippen molar-refractivity contribution in [1.82, 2.24) is 24.6 Å². The largest absolute Gasteiger partial charge is 0.421 e. The molecule has 2 fully saturated rings. The van der Waals surface area contributed by atoms with E-state index in [1.807, 2.05) is 11.6 Å². The highest BCUT2D eigenvalue weighted by Crippen LogP contribution is 2.39. The van der Waals surface area contributed by atoms with Gasteiger partial charge in [0, 0.05) is 31.9 Å². The van der Waals surface area contributed by atoms with Crippen LogP contribution in [0, 0.1) is 6.92 Å². The number of likely N-dealkylation sites (tertiary alicyclic amines) is 1. The predicted octanol–water partition coefficient (Wildman–Crippen LogP) is 3.92. The highest BCUT2D eigenvalue weighted by molar-refractivity contribution is 5.58. The molecular weight excluding hydrogens is 402 g/mol. The Labute approximate surface area is 171 Å². The first-order valence-electron chi connectivity index (χ1n) is 10.1. The summed E-state index contributed by atoms with van der Waals surface area (Å²) >= 11 is 0. The maximum Gasteiger partial charge on any atom is 0.421 e. The van der Waals surface area contributed by atoms with Crippen LogP contribution in [0.5, 0.6) is 0 Å². The van der Waals surface area contributed by atoms with Gasteiger partial charge in [-0.15, -0.1) is 0 Å². The molecule has 0 amide bonds. The normalized spacial score (nSPS) is 24.7. The monoisotopic (exact) mass is 427 g/mol. The van der Waals surface area contributed by atoms with E-state index in [9.17, 15) is 17.6 Å². The molecule has 0 unspecified atom stereocenters. The maximum atomic E-state index is 13.4. The third-order valence-corrected chi connectivity index (χ3v) is 5.84. The van der Waals surface area contributed by atoms with Gasteiger partial charge in [-0.25, -0.2) is 9.37 Å². The van der Waals surface area contributed by atoms with Crippen molar-refractivity contribution in [1.29, 1.82) is 0 Å². The van der Waals surface area contributed by atoms with Gasteiger partial charge >= 0.3 is 6.18 Å². The Morgan fingerprint density at radius 1 is 1.20 bits per heavy atom. The van der Waals surface area contributed by atoms with Gasteiger partial charge in [0.15, 0.2) is 0 Å². The summed E-state index contributed by atoms with van der Waals surface area (Å²) in [4.78, 5) is 10.0. The first-order valence-corrected chi connectivity index (χ1v) is 10.1. The third-order valence-electron chi connectivity index (χ3n) is 5.84. The fraction of sp³-hybridized carbons (Fsp3) is 0.632. The molecule has 3 heterocycles. The molecular formula is C19H25F4N7. The van der Waals surface area contributed by atoms with Gasteiger partial charge in [-0.05, 0) is 33.1 Å². The Hall–Kier alpha value is -2.43. The van der Waals surface area contributed by atoms with Crippen molar-refractivity contribution in [3.63, 3.8) is 0 Å². The zero-order chi connectivity index (χ0) is 21.5. The number of rotatable bonds is 6. The number of halogens is 4. The molecule has 2 aromatic heterocycles. The van der Waals surface area contributed by atoms with Gasteiger partial charge < -0.3 is 10.6 Å². The molecule has 164 valence electrons. The predicted molar refractivity (Wildman–Crippen MR) is 105 cm³/mol. The average molecular weight is 427 g/mol. The quantitative estimate of drug-likeness (QED) is 0.681. The Morgan fingerprint density at radius 3 is 2.60 bits per heavy atom. The maximum absolute atomic E-state index is 13.4. The Morgan fingerprint density at radius 2 is 1.97 bits per heavy atom. The molecule has 4 rings (SSSR count). The van der Waals surface area contributed by atoms with Crippen LogP contribution < -0.4 is 10.6 Å². The van der Waals surface area contributed by atoms with Gasteiger partial charge in [0.05, 0.1) is 23.6 Å². The van der Waals surface area contributed by atoms with Crippen LogP contribution in [-0.4, -0.2) is 56.5 Å². The lowest BCUT2D eigenvalue weighted by molar-refractivity contribution is -0.137. The van der Waals surface area contributed by atoms with E-state index in [1.54, 1.807) is 13.1 Å². The summed E-state index contributed by atoms with van der Waals surface area (Å²) in [5.74, 6) is -0.190. The molecule has 2 aliphatic rings.